The van der Waals surface area contributed by atoms with Gasteiger partial charge in [-0.3, -0.25) is 19.5 Å². The predicted molar refractivity (Wildman–Crippen MR) is 88.6 cm³/mol. The number of hydrogen-bond acceptors (Lipinski definition) is 2. The van der Waals surface area contributed by atoms with Crippen molar-refractivity contribution >= 4 is 35.1 Å². The molecule has 2 fully saturated rings. The smallest absolute Gasteiger partial charge is 0.323 e. The molecule has 2 heterocycles. The van der Waals surface area contributed by atoms with Gasteiger partial charge < -0.3 is 5.32 Å². The van der Waals surface area contributed by atoms with Crippen LogP contribution in [0.1, 0.15) is 25.7 Å². The molecule has 0 bridgehead atoms. The molecule has 6 nitrogen and oxygen atoms in total. The summed E-state index contributed by atoms with van der Waals surface area (Å²) in [5.74, 6) is -0.526. The van der Waals surface area contributed by atoms with E-state index in [1.54, 1.807) is 0 Å². The van der Waals surface area contributed by atoms with Gasteiger partial charge in [-0.05, 0) is 37.5 Å². The van der Waals surface area contributed by atoms with Gasteiger partial charge in [0.1, 0.15) is 5.82 Å². The van der Waals surface area contributed by atoms with Crippen molar-refractivity contribution in [2.75, 3.05) is 18.4 Å². The third-order valence-electron chi connectivity index (χ3n) is 4.13. The molecule has 0 radical (unpaired) electrons. The summed E-state index contributed by atoms with van der Waals surface area (Å²) in [4.78, 5) is 24.3. The first kappa shape index (κ1) is 16.7. The lowest BCUT2D eigenvalue weighted by Gasteiger charge is -2.24. The van der Waals surface area contributed by atoms with Crippen molar-refractivity contribution in [3.63, 3.8) is 0 Å². The fourth-order valence-corrected chi connectivity index (χ4v) is 3.05. The topological polar surface area (TPSA) is 73.2 Å². The van der Waals surface area contributed by atoms with Crippen LogP contribution in [0.2, 0.25) is 5.02 Å². The number of benzene rings is 1. The van der Waals surface area contributed by atoms with Crippen LogP contribution in [0.3, 0.4) is 0 Å². The summed E-state index contributed by atoms with van der Waals surface area (Å²) in [7, 11) is 0. The van der Waals surface area contributed by atoms with E-state index in [0.29, 0.717) is 11.6 Å². The largest absolute Gasteiger partial charge is 0.353 e. The number of anilines is 1. The van der Waals surface area contributed by atoms with Gasteiger partial charge in [0.05, 0.1) is 24.5 Å². The van der Waals surface area contributed by atoms with E-state index in [2.05, 4.69) is 20.5 Å². The van der Waals surface area contributed by atoms with Gasteiger partial charge in [0, 0.05) is 5.69 Å². The summed E-state index contributed by atoms with van der Waals surface area (Å²) in [6, 6.07) is 3.27. The lowest BCUT2D eigenvalue weighted by atomic mass is 10.1. The molecule has 0 aliphatic carbocycles. The zero-order chi connectivity index (χ0) is 17.1. The molecule has 2 saturated heterocycles. The number of carbonyl (C=O) groups is 2. The third-order valence-corrected chi connectivity index (χ3v) is 4.42. The average molecular weight is 354 g/mol. The highest BCUT2D eigenvalue weighted by Gasteiger charge is 2.35. The van der Waals surface area contributed by atoms with Crippen LogP contribution in [0.15, 0.2) is 18.2 Å². The maximum atomic E-state index is 13.2. The van der Waals surface area contributed by atoms with Gasteiger partial charge >= 0.3 is 5.96 Å². The van der Waals surface area contributed by atoms with Crippen molar-refractivity contribution in [2.24, 2.45) is 0 Å². The number of nitrogens with one attached hydrogen (secondary N) is 3. The normalized spacial score (nSPS) is 21.1. The van der Waals surface area contributed by atoms with Gasteiger partial charge in [-0.15, -0.1) is 0 Å². The molecule has 2 aliphatic rings. The maximum Gasteiger partial charge on any atom is 0.353 e. The fraction of sp³-hybridized carbons (Fsp3) is 0.438. The van der Waals surface area contributed by atoms with Crippen LogP contribution < -0.4 is 16.0 Å². The summed E-state index contributed by atoms with van der Waals surface area (Å²) in [5.41, 5.74) is 0.388. The van der Waals surface area contributed by atoms with Crippen LogP contribution >= 0.6 is 11.6 Å². The Morgan fingerprint density at radius 1 is 1.29 bits per heavy atom. The van der Waals surface area contributed by atoms with E-state index in [-0.39, 0.29) is 23.3 Å². The maximum absolute atomic E-state index is 13.2. The molecule has 3 N–H and O–H groups in total. The summed E-state index contributed by atoms with van der Waals surface area (Å²) in [6.45, 7) is 1.70. The summed E-state index contributed by atoms with van der Waals surface area (Å²) >= 11 is 5.71. The van der Waals surface area contributed by atoms with Crippen LogP contribution in [0.25, 0.3) is 0 Å². The minimum atomic E-state index is -0.681. The number of piperidine rings is 1. The lowest BCUT2D eigenvalue weighted by Crippen LogP contribution is -2.60. The van der Waals surface area contributed by atoms with Gasteiger partial charge in [-0.2, -0.15) is 0 Å². The standard InChI is InChI=1S/C16H18ClFN4O2/c17-11-8-10(4-5-12(11)18)19-15(24)13-9-14(23)21-16(20-13)22-6-2-1-3-7-22/h4-5,8,13H,1-3,6-7,9H2,(H2,19,20,21,23,24)/p+1/t13-/m1/s1. The van der Waals surface area contributed by atoms with Crippen LogP contribution in [0.5, 0.6) is 0 Å². The highest BCUT2D eigenvalue weighted by Crippen LogP contribution is 2.19. The Labute approximate surface area is 144 Å². The van der Waals surface area contributed by atoms with Crippen molar-refractivity contribution in [1.29, 1.82) is 0 Å². The summed E-state index contributed by atoms with van der Waals surface area (Å²) in [6.07, 6.45) is 3.34. The molecular weight excluding hydrogens is 335 g/mol. The number of amides is 2. The van der Waals surface area contributed by atoms with E-state index < -0.39 is 11.9 Å². The number of halogens is 2. The molecule has 1 aromatic carbocycles. The van der Waals surface area contributed by atoms with Gasteiger partial charge in [-0.1, -0.05) is 11.6 Å². The lowest BCUT2D eigenvalue weighted by molar-refractivity contribution is -0.541. The molecule has 24 heavy (non-hydrogen) atoms. The summed E-state index contributed by atoms with van der Waals surface area (Å²) < 4.78 is 15.2. The minimum absolute atomic E-state index is 0.0398. The van der Waals surface area contributed by atoms with Crippen molar-refractivity contribution in [2.45, 2.75) is 31.7 Å². The Kier molecular flexibility index (Phi) is 4.99. The van der Waals surface area contributed by atoms with Crippen molar-refractivity contribution in [3.8, 4) is 0 Å². The average Bonchev–Trinajstić information content (AvgIpc) is 2.58. The minimum Gasteiger partial charge on any atom is -0.323 e. The first-order valence-electron chi connectivity index (χ1n) is 7.97. The molecule has 0 saturated carbocycles. The van der Waals surface area contributed by atoms with E-state index in [0.717, 1.165) is 25.9 Å². The SMILES string of the molecule is O=C1C[C@H](C(=O)Nc2ccc(F)c(Cl)c2)NC(=[N+]2CCCCC2)N1. The fourth-order valence-electron chi connectivity index (χ4n) is 2.87. The second kappa shape index (κ2) is 7.17. The molecule has 2 amide bonds. The van der Waals surface area contributed by atoms with E-state index >= 15 is 0 Å². The summed E-state index contributed by atoms with van der Waals surface area (Å²) in [5, 5.41) is 8.48. The number of nitrogens with zero attached hydrogens (tertiary/aromatic N) is 1. The zero-order valence-corrected chi connectivity index (χ0v) is 13.8. The molecule has 0 unspecified atom stereocenters. The molecule has 8 heteroatoms. The molecule has 2 aliphatic heterocycles. The molecule has 0 spiro atoms. The van der Waals surface area contributed by atoms with Crippen molar-refractivity contribution < 1.29 is 18.6 Å². The molecule has 1 atom stereocenters. The number of rotatable bonds is 2. The van der Waals surface area contributed by atoms with E-state index in [9.17, 15) is 14.0 Å². The Morgan fingerprint density at radius 3 is 2.75 bits per heavy atom. The van der Waals surface area contributed by atoms with Crippen molar-refractivity contribution in [3.05, 3.63) is 29.0 Å². The van der Waals surface area contributed by atoms with Crippen molar-refractivity contribution in [1.82, 2.24) is 10.6 Å². The second-order valence-electron chi connectivity index (χ2n) is 5.96. The van der Waals surface area contributed by atoms with E-state index in [4.69, 9.17) is 11.6 Å². The Bertz CT molecular complexity index is 699. The first-order chi connectivity index (χ1) is 11.5. The van der Waals surface area contributed by atoms with Crippen LogP contribution in [0, 0.1) is 5.82 Å². The monoisotopic (exact) mass is 353 g/mol. The third kappa shape index (κ3) is 3.84. The zero-order valence-electron chi connectivity index (χ0n) is 13.1. The van der Waals surface area contributed by atoms with Gasteiger partial charge in [0.25, 0.3) is 11.8 Å². The van der Waals surface area contributed by atoms with Crippen LogP contribution in [-0.4, -0.2) is 41.5 Å². The van der Waals surface area contributed by atoms with Gasteiger partial charge in [0.15, 0.2) is 6.04 Å². The molecule has 0 aromatic heterocycles. The van der Waals surface area contributed by atoms with Gasteiger partial charge in [-0.25, -0.2) is 9.71 Å². The quantitative estimate of drug-likeness (QED) is 0.705. The first-order valence-corrected chi connectivity index (χ1v) is 8.35. The van der Waals surface area contributed by atoms with Crippen LogP contribution in [-0.2, 0) is 9.59 Å². The van der Waals surface area contributed by atoms with Crippen LogP contribution in [0.4, 0.5) is 10.1 Å². The number of carbonyl (C=O) groups excluding carboxylic acids is 2. The highest BCUT2D eigenvalue weighted by molar-refractivity contribution is 6.31. The second-order valence-corrected chi connectivity index (χ2v) is 6.37. The molecular formula is C16H19ClFN4O2+. The molecule has 128 valence electrons. The van der Waals surface area contributed by atoms with E-state index in [1.165, 1.54) is 24.6 Å². The molecule has 1 aromatic rings. The van der Waals surface area contributed by atoms with E-state index in [1.807, 2.05) is 0 Å². The highest BCUT2D eigenvalue weighted by atomic mass is 35.5. The Hall–Kier alpha value is -2.15. The Morgan fingerprint density at radius 2 is 2.04 bits per heavy atom. The molecule has 3 rings (SSSR count). The number of hydrogen-bond donors (Lipinski definition) is 3. The number of guanidine groups is 1. The Balaban J connectivity index is 1.71. The van der Waals surface area contributed by atoms with Gasteiger partial charge in [0.2, 0.25) is 0 Å². The predicted octanol–water partition coefficient (Wildman–Crippen LogP) is 1.45.